The number of carbonyl (C=O) groups excluding carboxylic acids is 3. The number of benzene rings is 2. The molecule has 5 heterocycles. The van der Waals surface area contributed by atoms with Crippen LogP contribution in [0.2, 0.25) is 0 Å². The molecule has 0 bridgehead atoms. The number of hydrogen-bond acceptors (Lipinski definition) is 7. The van der Waals surface area contributed by atoms with E-state index in [1.54, 1.807) is 19.2 Å². The number of anilines is 1. The minimum Gasteiger partial charge on any atom is -0.321 e. The Morgan fingerprint density at radius 3 is 2.56 bits per heavy atom. The molecule has 2 aliphatic heterocycles. The average Bonchev–Trinajstić information content (AvgIpc) is 3.70. The van der Waals surface area contributed by atoms with Gasteiger partial charge in [-0.1, -0.05) is 18.2 Å². The van der Waals surface area contributed by atoms with E-state index in [1.165, 1.54) is 27.3 Å². The largest absolute Gasteiger partial charge is 0.329 e. The molecule has 12 nitrogen and oxygen atoms in total. The Bertz CT molecular complexity index is 2310. The lowest BCUT2D eigenvalue weighted by atomic mass is 9.83. The number of imide groups is 1. The summed E-state index contributed by atoms with van der Waals surface area (Å²) >= 11 is 0. The lowest BCUT2D eigenvalue weighted by Crippen LogP contribution is -2.44. The summed E-state index contributed by atoms with van der Waals surface area (Å²) in [4.78, 5) is 56.5. The number of aryl methyl sites for hydroxylation is 1. The van der Waals surface area contributed by atoms with Crippen LogP contribution in [0.1, 0.15) is 91.1 Å². The van der Waals surface area contributed by atoms with Gasteiger partial charge in [0, 0.05) is 49.7 Å². The highest BCUT2D eigenvalue weighted by Crippen LogP contribution is 2.38. The van der Waals surface area contributed by atoms with Crippen LogP contribution in [0, 0.1) is 5.92 Å². The molecule has 54 heavy (non-hydrogen) atoms. The van der Waals surface area contributed by atoms with Gasteiger partial charge in [0.2, 0.25) is 11.8 Å². The molecule has 2 saturated heterocycles. The number of pyridine rings is 1. The number of piperidine rings is 2. The van der Waals surface area contributed by atoms with Crippen LogP contribution in [0.15, 0.2) is 65.6 Å². The van der Waals surface area contributed by atoms with Gasteiger partial charge in [-0.25, -0.2) is 22.9 Å². The molecule has 1 aliphatic carbocycles. The number of alkyl halides is 3. The highest BCUT2D eigenvalue weighted by Gasteiger charge is 2.36. The van der Waals surface area contributed by atoms with Crippen molar-refractivity contribution in [3.63, 3.8) is 0 Å². The molecule has 2 N–H and O–H groups in total. The lowest BCUT2D eigenvalue weighted by molar-refractivity contribution is -0.135. The lowest BCUT2D eigenvalue weighted by Gasteiger charge is -2.38. The summed E-state index contributed by atoms with van der Waals surface area (Å²) in [5, 5.41) is 10.7. The first-order valence-electron chi connectivity index (χ1n) is 18.5. The van der Waals surface area contributed by atoms with Crippen LogP contribution in [-0.4, -0.2) is 72.3 Å². The minimum atomic E-state index is -2.77. The van der Waals surface area contributed by atoms with Gasteiger partial charge in [-0.2, -0.15) is 5.10 Å². The number of imidazole rings is 1. The van der Waals surface area contributed by atoms with Crippen molar-refractivity contribution in [2.24, 2.45) is 13.0 Å². The molecule has 3 fully saturated rings. The summed E-state index contributed by atoms with van der Waals surface area (Å²) in [6.45, 7) is 1.86. The number of nitrogens with one attached hydrogen (secondary N) is 2. The van der Waals surface area contributed by atoms with E-state index < -0.39 is 36.1 Å². The minimum absolute atomic E-state index is 0.0864. The second-order valence-corrected chi connectivity index (χ2v) is 14.8. The number of para-hydroxylation sites is 1. The molecule has 0 spiro atoms. The zero-order valence-electron chi connectivity index (χ0n) is 29.8. The number of amides is 3. The molecule has 8 rings (SSSR count). The van der Waals surface area contributed by atoms with Gasteiger partial charge < -0.3 is 10.2 Å². The van der Waals surface area contributed by atoms with Crippen molar-refractivity contribution < 1.29 is 27.6 Å². The predicted molar refractivity (Wildman–Crippen MR) is 195 cm³/mol. The van der Waals surface area contributed by atoms with Crippen LogP contribution in [0.4, 0.5) is 18.9 Å². The zero-order chi connectivity index (χ0) is 37.7. The van der Waals surface area contributed by atoms with Crippen molar-refractivity contribution >= 4 is 45.3 Å². The standard InChI is InChI=1S/C39H41F3N8O4/c1-47-35-27(4-2-7-32(35)50(39(47)54)33-14-15-34(51)45-38(33)53)26-16-17-48(21-28(26)40)19-22-8-11-25(12-9-22)49-20-23-18-24(10-13-29(23)46-49)43-37(52)31-6-3-5-30(44-31)36(41)42/h2-7,10,13,18,20,22,25-26,28,33,36H,8-9,11-12,14-17,19,21H2,1H3,(H,43,52)(H,45,51,53)/t22-,25-,26-,28-,33?/m0/s1. The molecule has 3 amide bonds. The molecule has 2 aromatic carbocycles. The highest BCUT2D eigenvalue weighted by molar-refractivity contribution is 6.04. The Hall–Kier alpha value is -5.31. The first-order chi connectivity index (χ1) is 26.0. The molecule has 15 heteroatoms. The van der Waals surface area contributed by atoms with E-state index in [1.807, 2.05) is 35.1 Å². The third-order valence-corrected chi connectivity index (χ3v) is 11.4. The zero-order valence-corrected chi connectivity index (χ0v) is 29.8. The maximum atomic E-state index is 16.1. The summed E-state index contributed by atoms with van der Waals surface area (Å²) in [5.74, 6) is -1.37. The van der Waals surface area contributed by atoms with Gasteiger partial charge in [0.1, 0.15) is 23.6 Å². The second kappa shape index (κ2) is 14.5. The van der Waals surface area contributed by atoms with E-state index in [4.69, 9.17) is 5.10 Å². The van der Waals surface area contributed by atoms with Crippen molar-refractivity contribution in [2.45, 2.75) is 75.5 Å². The number of hydrogen-bond donors (Lipinski definition) is 2. The summed E-state index contributed by atoms with van der Waals surface area (Å²) in [6.07, 6.45) is 2.92. The van der Waals surface area contributed by atoms with E-state index >= 15 is 4.39 Å². The molecule has 1 unspecified atom stereocenters. The van der Waals surface area contributed by atoms with E-state index in [9.17, 15) is 28.0 Å². The number of halogens is 3. The Labute approximate surface area is 308 Å². The van der Waals surface area contributed by atoms with Gasteiger partial charge in [-0.05, 0) is 92.9 Å². The Morgan fingerprint density at radius 1 is 1.00 bits per heavy atom. The van der Waals surface area contributed by atoms with Crippen molar-refractivity contribution in [1.82, 2.24) is 34.1 Å². The summed E-state index contributed by atoms with van der Waals surface area (Å²) in [6, 6.07) is 14.2. The maximum Gasteiger partial charge on any atom is 0.329 e. The first-order valence-corrected chi connectivity index (χ1v) is 18.5. The molecule has 282 valence electrons. The normalized spacial score (nSPS) is 24.0. The van der Waals surface area contributed by atoms with E-state index in [0.29, 0.717) is 35.6 Å². The average molecular weight is 743 g/mol. The first kappa shape index (κ1) is 35.7. The van der Waals surface area contributed by atoms with Crippen LogP contribution in [0.5, 0.6) is 0 Å². The van der Waals surface area contributed by atoms with E-state index in [0.717, 1.165) is 55.2 Å². The number of nitrogens with zero attached hydrogens (tertiary/aromatic N) is 6. The smallest absolute Gasteiger partial charge is 0.321 e. The molecule has 3 aliphatic rings. The van der Waals surface area contributed by atoms with Gasteiger partial charge in [0.25, 0.3) is 12.3 Å². The van der Waals surface area contributed by atoms with E-state index in [2.05, 4.69) is 20.5 Å². The monoisotopic (exact) mass is 742 g/mol. The summed E-state index contributed by atoms with van der Waals surface area (Å²) in [7, 11) is 1.65. The maximum absolute atomic E-state index is 16.1. The number of aromatic nitrogens is 5. The number of fused-ring (bicyclic) bond motifs is 2. The number of carbonyl (C=O) groups is 3. The van der Waals surface area contributed by atoms with E-state index in [-0.39, 0.29) is 42.1 Å². The molecular weight excluding hydrogens is 701 g/mol. The van der Waals surface area contributed by atoms with Crippen molar-refractivity contribution in [1.29, 1.82) is 0 Å². The predicted octanol–water partition coefficient (Wildman–Crippen LogP) is 5.81. The van der Waals surface area contributed by atoms with Crippen LogP contribution in [0.25, 0.3) is 21.9 Å². The summed E-state index contributed by atoms with van der Waals surface area (Å²) in [5.41, 5.74) is 2.38. The van der Waals surface area contributed by atoms with Gasteiger partial charge in [0.15, 0.2) is 0 Å². The van der Waals surface area contributed by atoms with Gasteiger partial charge in [-0.15, -0.1) is 0 Å². The Morgan fingerprint density at radius 2 is 1.80 bits per heavy atom. The van der Waals surface area contributed by atoms with Crippen LogP contribution >= 0.6 is 0 Å². The summed E-state index contributed by atoms with van der Waals surface area (Å²) < 4.78 is 47.1. The van der Waals surface area contributed by atoms with Gasteiger partial charge in [0.05, 0.1) is 22.6 Å². The molecule has 3 atom stereocenters. The molecule has 5 aromatic rings. The quantitative estimate of drug-likeness (QED) is 0.192. The van der Waals surface area contributed by atoms with Crippen molar-refractivity contribution in [3.05, 3.63) is 88.2 Å². The topological polar surface area (TPSA) is 136 Å². The highest BCUT2D eigenvalue weighted by atomic mass is 19.3. The molecule has 0 radical (unpaired) electrons. The molecule has 3 aromatic heterocycles. The third kappa shape index (κ3) is 6.80. The fourth-order valence-corrected chi connectivity index (χ4v) is 8.64. The Balaban J connectivity index is 0.874. The number of rotatable bonds is 8. The van der Waals surface area contributed by atoms with Crippen LogP contribution < -0.4 is 16.3 Å². The van der Waals surface area contributed by atoms with Crippen molar-refractivity contribution in [3.8, 4) is 0 Å². The number of likely N-dealkylation sites (tertiary alicyclic amines) is 1. The second-order valence-electron chi connectivity index (χ2n) is 14.8. The fraction of sp³-hybridized carbons (Fsp3) is 0.436. The van der Waals surface area contributed by atoms with Crippen LogP contribution in [-0.2, 0) is 16.6 Å². The van der Waals surface area contributed by atoms with Gasteiger partial charge >= 0.3 is 5.69 Å². The third-order valence-electron chi connectivity index (χ3n) is 11.4. The SMILES string of the molecule is Cn1c(=O)n(C2CCC(=O)NC2=O)c2cccc([C@@H]3CCN(C[C@H]4CC[C@H](n5cc6cc(NC(=O)c7cccc(C(F)F)n7)ccc6n5)CC4)C[C@@H]3F)c21. The van der Waals surface area contributed by atoms with Gasteiger partial charge in [-0.3, -0.25) is 33.5 Å². The molecular formula is C39H41F3N8O4. The van der Waals surface area contributed by atoms with Crippen molar-refractivity contribution in [2.75, 3.05) is 25.0 Å². The fourth-order valence-electron chi connectivity index (χ4n) is 8.64. The Kier molecular flexibility index (Phi) is 9.58. The van der Waals surface area contributed by atoms with Crippen LogP contribution in [0.3, 0.4) is 0 Å². The molecule has 1 saturated carbocycles.